The van der Waals surface area contributed by atoms with Gasteiger partial charge in [-0.15, -0.1) is 0 Å². The molecule has 2 aromatic carbocycles. The molecule has 0 radical (unpaired) electrons. The van der Waals surface area contributed by atoms with Crippen LogP contribution in [0.15, 0.2) is 42.5 Å². The van der Waals surface area contributed by atoms with Gasteiger partial charge in [0.2, 0.25) is 0 Å². The lowest BCUT2D eigenvalue weighted by Crippen LogP contribution is -2.44. The second-order valence-electron chi connectivity index (χ2n) is 6.84. The van der Waals surface area contributed by atoms with Gasteiger partial charge in [0.25, 0.3) is 5.91 Å². The molecule has 0 aliphatic carbocycles. The molecule has 2 aromatic rings. The molecular weight excluding hydrogens is 358 g/mol. The standard InChI is InChI=1S/C22H27NO5/c1-25-17-9-7-16(8-10-17)22(11-13-28-14-12-22)15-23-21(24)20-18(26-2)5-4-6-19(20)27-3/h4-10H,11-15H2,1-3H3,(H,23,24). The average Bonchev–Trinajstić information content (AvgIpc) is 2.77. The van der Waals surface area contributed by atoms with Gasteiger partial charge in [0, 0.05) is 25.2 Å². The molecule has 6 heteroatoms. The van der Waals surface area contributed by atoms with E-state index in [2.05, 4.69) is 17.4 Å². The van der Waals surface area contributed by atoms with E-state index in [9.17, 15) is 4.79 Å². The molecule has 150 valence electrons. The Kier molecular flexibility index (Phi) is 6.41. The zero-order chi connectivity index (χ0) is 20.0. The van der Waals surface area contributed by atoms with Crippen LogP contribution < -0.4 is 19.5 Å². The summed E-state index contributed by atoms with van der Waals surface area (Å²) in [6.45, 7) is 1.84. The van der Waals surface area contributed by atoms with Crippen LogP contribution in [0.25, 0.3) is 0 Å². The molecule has 1 saturated heterocycles. The number of benzene rings is 2. The summed E-state index contributed by atoms with van der Waals surface area (Å²) in [6.07, 6.45) is 1.67. The van der Waals surface area contributed by atoms with Crippen molar-refractivity contribution >= 4 is 5.91 Å². The van der Waals surface area contributed by atoms with E-state index < -0.39 is 0 Å². The van der Waals surface area contributed by atoms with Crippen LogP contribution >= 0.6 is 0 Å². The van der Waals surface area contributed by atoms with E-state index in [4.69, 9.17) is 18.9 Å². The highest BCUT2D eigenvalue weighted by atomic mass is 16.5. The number of ether oxygens (including phenoxy) is 4. The van der Waals surface area contributed by atoms with E-state index in [0.29, 0.717) is 36.8 Å². The Morgan fingerprint density at radius 2 is 1.57 bits per heavy atom. The van der Waals surface area contributed by atoms with Crippen LogP contribution in [0, 0.1) is 0 Å². The number of carbonyl (C=O) groups is 1. The Bertz CT molecular complexity index is 775. The van der Waals surface area contributed by atoms with Crippen molar-refractivity contribution in [3.05, 3.63) is 53.6 Å². The predicted molar refractivity (Wildman–Crippen MR) is 107 cm³/mol. The minimum Gasteiger partial charge on any atom is -0.497 e. The molecule has 1 amide bonds. The zero-order valence-corrected chi connectivity index (χ0v) is 16.6. The molecule has 1 aliphatic rings. The van der Waals surface area contributed by atoms with Gasteiger partial charge < -0.3 is 24.3 Å². The second-order valence-corrected chi connectivity index (χ2v) is 6.84. The average molecular weight is 385 g/mol. The third-order valence-corrected chi connectivity index (χ3v) is 5.39. The summed E-state index contributed by atoms with van der Waals surface area (Å²) < 4.78 is 21.6. The Hall–Kier alpha value is -2.73. The Balaban J connectivity index is 1.84. The van der Waals surface area contributed by atoms with Gasteiger partial charge in [-0.1, -0.05) is 18.2 Å². The SMILES string of the molecule is COc1ccc(C2(CNC(=O)c3c(OC)cccc3OC)CCOCC2)cc1. The molecule has 1 N–H and O–H groups in total. The fourth-order valence-electron chi connectivity index (χ4n) is 3.69. The zero-order valence-electron chi connectivity index (χ0n) is 16.6. The molecular formula is C22H27NO5. The molecule has 0 aromatic heterocycles. The third kappa shape index (κ3) is 4.07. The molecule has 0 bridgehead atoms. The van der Waals surface area contributed by atoms with E-state index >= 15 is 0 Å². The van der Waals surface area contributed by atoms with E-state index in [-0.39, 0.29) is 11.3 Å². The minimum atomic E-state index is -0.214. The van der Waals surface area contributed by atoms with Gasteiger partial charge in [-0.3, -0.25) is 4.79 Å². The van der Waals surface area contributed by atoms with E-state index in [1.807, 2.05) is 12.1 Å². The monoisotopic (exact) mass is 385 g/mol. The van der Waals surface area contributed by atoms with Crippen LogP contribution in [-0.2, 0) is 10.2 Å². The van der Waals surface area contributed by atoms with Crippen molar-refractivity contribution in [3.63, 3.8) is 0 Å². The highest BCUT2D eigenvalue weighted by Gasteiger charge is 2.35. The number of hydrogen-bond acceptors (Lipinski definition) is 5. The molecule has 0 unspecified atom stereocenters. The Morgan fingerprint density at radius 3 is 2.11 bits per heavy atom. The van der Waals surface area contributed by atoms with Crippen molar-refractivity contribution < 1.29 is 23.7 Å². The molecule has 0 spiro atoms. The van der Waals surface area contributed by atoms with Gasteiger partial charge in [0.05, 0.1) is 21.3 Å². The van der Waals surface area contributed by atoms with Crippen LogP contribution in [0.5, 0.6) is 17.2 Å². The van der Waals surface area contributed by atoms with Gasteiger partial charge in [0.1, 0.15) is 22.8 Å². The molecule has 6 nitrogen and oxygen atoms in total. The van der Waals surface area contributed by atoms with Crippen molar-refractivity contribution in [1.29, 1.82) is 0 Å². The molecule has 28 heavy (non-hydrogen) atoms. The first-order valence-electron chi connectivity index (χ1n) is 9.35. The number of nitrogens with one attached hydrogen (secondary N) is 1. The maximum atomic E-state index is 13.0. The topological polar surface area (TPSA) is 66.0 Å². The number of carbonyl (C=O) groups excluding carboxylic acids is 1. The van der Waals surface area contributed by atoms with Crippen LogP contribution in [-0.4, -0.2) is 47.0 Å². The van der Waals surface area contributed by atoms with E-state index in [1.54, 1.807) is 39.5 Å². The van der Waals surface area contributed by atoms with Crippen LogP contribution in [0.2, 0.25) is 0 Å². The minimum absolute atomic E-state index is 0.185. The summed E-state index contributed by atoms with van der Waals surface area (Å²) in [5.41, 5.74) is 1.39. The summed E-state index contributed by atoms with van der Waals surface area (Å²) in [4.78, 5) is 13.0. The fourth-order valence-corrected chi connectivity index (χ4v) is 3.69. The van der Waals surface area contributed by atoms with Crippen molar-refractivity contribution in [2.75, 3.05) is 41.1 Å². The number of rotatable bonds is 7. The molecule has 0 saturated carbocycles. The van der Waals surface area contributed by atoms with Crippen LogP contribution in [0.1, 0.15) is 28.8 Å². The smallest absolute Gasteiger partial charge is 0.258 e. The first-order chi connectivity index (χ1) is 13.6. The van der Waals surface area contributed by atoms with Gasteiger partial charge in [0.15, 0.2) is 0 Å². The van der Waals surface area contributed by atoms with Crippen molar-refractivity contribution in [2.45, 2.75) is 18.3 Å². The highest BCUT2D eigenvalue weighted by Crippen LogP contribution is 2.36. The second kappa shape index (κ2) is 8.97. The molecule has 0 atom stereocenters. The number of methoxy groups -OCH3 is 3. The summed E-state index contributed by atoms with van der Waals surface area (Å²) in [7, 11) is 4.74. The molecule has 1 heterocycles. The third-order valence-electron chi connectivity index (χ3n) is 5.39. The first-order valence-corrected chi connectivity index (χ1v) is 9.35. The first kappa shape index (κ1) is 20.0. The lowest BCUT2D eigenvalue weighted by atomic mass is 9.74. The lowest BCUT2D eigenvalue weighted by molar-refractivity contribution is 0.0486. The number of hydrogen-bond donors (Lipinski definition) is 1. The van der Waals surface area contributed by atoms with Gasteiger partial charge >= 0.3 is 0 Å². The number of amides is 1. The Labute approximate surface area is 165 Å². The van der Waals surface area contributed by atoms with Gasteiger partial charge in [-0.05, 0) is 42.7 Å². The van der Waals surface area contributed by atoms with Crippen molar-refractivity contribution in [2.24, 2.45) is 0 Å². The largest absolute Gasteiger partial charge is 0.497 e. The molecule has 1 aliphatic heterocycles. The van der Waals surface area contributed by atoms with Crippen LogP contribution in [0.4, 0.5) is 0 Å². The van der Waals surface area contributed by atoms with Crippen molar-refractivity contribution in [1.82, 2.24) is 5.32 Å². The fraction of sp³-hybridized carbons (Fsp3) is 0.409. The normalized spacial score (nSPS) is 15.5. The predicted octanol–water partition coefficient (Wildman–Crippen LogP) is 3.19. The lowest BCUT2D eigenvalue weighted by Gasteiger charge is -2.38. The van der Waals surface area contributed by atoms with E-state index in [1.165, 1.54) is 5.56 Å². The Morgan fingerprint density at radius 1 is 0.964 bits per heavy atom. The molecule has 3 rings (SSSR count). The van der Waals surface area contributed by atoms with E-state index in [0.717, 1.165) is 18.6 Å². The summed E-state index contributed by atoms with van der Waals surface area (Å²) in [5, 5.41) is 3.10. The maximum absolute atomic E-state index is 13.0. The maximum Gasteiger partial charge on any atom is 0.258 e. The van der Waals surface area contributed by atoms with Crippen LogP contribution in [0.3, 0.4) is 0 Å². The highest BCUT2D eigenvalue weighted by molar-refractivity contribution is 5.99. The summed E-state index contributed by atoms with van der Waals surface area (Å²) in [6, 6.07) is 13.4. The van der Waals surface area contributed by atoms with Gasteiger partial charge in [-0.25, -0.2) is 0 Å². The quantitative estimate of drug-likeness (QED) is 0.793. The summed E-state index contributed by atoms with van der Waals surface area (Å²) >= 11 is 0. The van der Waals surface area contributed by atoms with Gasteiger partial charge in [-0.2, -0.15) is 0 Å². The van der Waals surface area contributed by atoms with Crippen molar-refractivity contribution in [3.8, 4) is 17.2 Å². The molecule has 1 fully saturated rings. The summed E-state index contributed by atoms with van der Waals surface area (Å²) in [5.74, 6) is 1.58.